The Bertz CT molecular complexity index is 1440. The highest BCUT2D eigenvalue weighted by Crippen LogP contribution is 2.42. The molecule has 7 nitrogen and oxygen atoms in total. The average molecular weight is 498 g/mol. The Labute approximate surface area is 215 Å². The SMILES string of the molecule is Cc1ccc(C(=O)O)cc1-n1c(C)cc(C2C(c3ccccn3)NC(=S)N2Cc2ccccn2)c1C. The molecule has 5 rings (SSSR count). The summed E-state index contributed by atoms with van der Waals surface area (Å²) in [5.41, 5.74) is 7.10. The van der Waals surface area contributed by atoms with Crippen LogP contribution in [0.1, 0.15) is 56.3 Å². The van der Waals surface area contributed by atoms with Crippen LogP contribution in [0.5, 0.6) is 0 Å². The molecule has 0 radical (unpaired) electrons. The molecule has 2 atom stereocenters. The molecule has 4 aromatic rings. The zero-order valence-corrected chi connectivity index (χ0v) is 21.2. The zero-order chi connectivity index (χ0) is 25.4. The Hall–Kier alpha value is -4.04. The van der Waals surface area contributed by atoms with Crippen molar-refractivity contribution in [2.24, 2.45) is 0 Å². The summed E-state index contributed by atoms with van der Waals surface area (Å²) in [7, 11) is 0. The van der Waals surface area contributed by atoms with Crippen molar-refractivity contribution >= 4 is 23.3 Å². The van der Waals surface area contributed by atoms with Gasteiger partial charge in [0.1, 0.15) is 0 Å². The average Bonchev–Trinajstić information content (AvgIpc) is 3.35. The van der Waals surface area contributed by atoms with Gasteiger partial charge in [-0.2, -0.15) is 0 Å². The Balaban J connectivity index is 1.64. The first-order valence-electron chi connectivity index (χ1n) is 11.8. The highest BCUT2D eigenvalue weighted by atomic mass is 32.1. The summed E-state index contributed by atoms with van der Waals surface area (Å²) in [5, 5.41) is 13.7. The van der Waals surface area contributed by atoms with Crippen LogP contribution < -0.4 is 5.32 Å². The summed E-state index contributed by atoms with van der Waals surface area (Å²) in [5.74, 6) is -0.943. The minimum atomic E-state index is -0.943. The van der Waals surface area contributed by atoms with Crippen LogP contribution in [-0.4, -0.2) is 35.6 Å². The minimum absolute atomic E-state index is 0.127. The summed E-state index contributed by atoms with van der Waals surface area (Å²) in [4.78, 5) is 23.0. The number of thiocarbonyl (C=S) groups is 1. The van der Waals surface area contributed by atoms with Crippen molar-refractivity contribution in [3.63, 3.8) is 0 Å². The third-order valence-corrected chi connectivity index (χ3v) is 7.09. The number of aromatic carboxylic acids is 1. The molecule has 1 saturated heterocycles. The van der Waals surface area contributed by atoms with Gasteiger partial charge in [0.15, 0.2) is 5.11 Å². The van der Waals surface area contributed by atoms with E-state index in [4.69, 9.17) is 12.2 Å². The third kappa shape index (κ3) is 4.24. The van der Waals surface area contributed by atoms with E-state index in [0.717, 1.165) is 39.6 Å². The summed E-state index contributed by atoms with van der Waals surface area (Å²) in [6.45, 7) is 6.67. The number of nitrogens with zero attached hydrogens (tertiary/aromatic N) is 4. The van der Waals surface area contributed by atoms with E-state index in [1.54, 1.807) is 24.5 Å². The Kier molecular flexibility index (Phi) is 6.28. The van der Waals surface area contributed by atoms with Crippen LogP contribution in [0.2, 0.25) is 0 Å². The number of carboxylic acids is 1. The number of pyridine rings is 2. The molecule has 0 saturated carbocycles. The van der Waals surface area contributed by atoms with Gasteiger partial charge in [-0.05, 0) is 86.6 Å². The lowest BCUT2D eigenvalue weighted by Crippen LogP contribution is -2.29. The second-order valence-corrected chi connectivity index (χ2v) is 9.43. The molecule has 0 bridgehead atoms. The normalized spacial score (nSPS) is 17.3. The van der Waals surface area contributed by atoms with E-state index < -0.39 is 5.97 Å². The number of carboxylic acid groups (broad SMARTS) is 1. The summed E-state index contributed by atoms with van der Waals surface area (Å²) < 4.78 is 2.13. The van der Waals surface area contributed by atoms with Gasteiger partial charge in [0.2, 0.25) is 0 Å². The first-order valence-corrected chi connectivity index (χ1v) is 12.2. The number of aryl methyl sites for hydroxylation is 2. The number of aromatic nitrogens is 3. The first-order chi connectivity index (χ1) is 17.3. The van der Waals surface area contributed by atoms with Crippen LogP contribution in [0, 0.1) is 20.8 Å². The van der Waals surface area contributed by atoms with Gasteiger partial charge in [-0.15, -0.1) is 0 Å². The van der Waals surface area contributed by atoms with Crippen molar-refractivity contribution in [2.45, 2.75) is 39.4 Å². The third-order valence-electron chi connectivity index (χ3n) is 6.74. The van der Waals surface area contributed by atoms with Crippen molar-refractivity contribution in [1.29, 1.82) is 0 Å². The van der Waals surface area contributed by atoms with Crippen molar-refractivity contribution in [2.75, 3.05) is 0 Å². The fourth-order valence-corrected chi connectivity index (χ4v) is 5.33. The second-order valence-electron chi connectivity index (χ2n) is 9.04. The molecule has 2 N–H and O–H groups in total. The predicted octanol–water partition coefficient (Wildman–Crippen LogP) is 5.06. The number of benzene rings is 1. The fraction of sp³-hybridized carbons (Fsp3) is 0.214. The summed E-state index contributed by atoms with van der Waals surface area (Å²) >= 11 is 5.82. The lowest BCUT2D eigenvalue weighted by molar-refractivity contribution is 0.0697. The number of hydrogen-bond donors (Lipinski definition) is 2. The maximum atomic E-state index is 11.7. The van der Waals surface area contributed by atoms with Crippen molar-refractivity contribution in [3.8, 4) is 5.69 Å². The molecule has 36 heavy (non-hydrogen) atoms. The highest BCUT2D eigenvalue weighted by molar-refractivity contribution is 7.80. The van der Waals surface area contributed by atoms with Gasteiger partial charge >= 0.3 is 5.97 Å². The topological polar surface area (TPSA) is 83.3 Å². The molecule has 1 aliphatic heterocycles. The first kappa shape index (κ1) is 23.7. The molecule has 3 aromatic heterocycles. The van der Waals surface area contributed by atoms with E-state index in [2.05, 4.69) is 37.7 Å². The van der Waals surface area contributed by atoms with Crippen LogP contribution in [0.15, 0.2) is 73.1 Å². The second kappa shape index (κ2) is 9.54. The van der Waals surface area contributed by atoms with Gasteiger partial charge < -0.3 is 19.9 Å². The van der Waals surface area contributed by atoms with Crippen LogP contribution >= 0.6 is 12.2 Å². The predicted molar refractivity (Wildman–Crippen MR) is 142 cm³/mol. The number of hydrogen-bond acceptors (Lipinski definition) is 4. The highest BCUT2D eigenvalue weighted by Gasteiger charge is 2.41. The van der Waals surface area contributed by atoms with E-state index in [1.165, 1.54) is 0 Å². The molecular formula is C28H27N5O2S. The van der Waals surface area contributed by atoms with Gasteiger partial charge in [-0.1, -0.05) is 18.2 Å². The molecule has 0 amide bonds. The van der Waals surface area contributed by atoms with Crippen molar-refractivity contribution in [1.82, 2.24) is 24.8 Å². The monoisotopic (exact) mass is 497 g/mol. The van der Waals surface area contributed by atoms with E-state index in [0.29, 0.717) is 11.7 Å². The number of nitrogens with one attached hydrogen (secondary N) is 1. The van der Waals surface area contributed by atoms with Crippen molar-refractivity contribution in [3.05, 3.63) is 113 Å². The molecule has 1 aromatic carbocycles. The summed E-state index contributed by atoms with van der Waals surface area (Å²) in [6.07, 6.45) is 3.58. The molecule has 1 fully saturated rings. The Morgan fingerprint density at radius 3 is 2.44 bits per heavy atom. The lowest BCUT2D eigenvalue weighted by atomic mass is 9.96. The largest absolute Gasteiger partial charge is 0.478 e. The van der Waals surface area contributed by atoms with Crippen molar-refractivity contribution < 1.29 is 9.90 Å². The Morgan fingerprint density at radius 1 is 1.03 bits per heavy atom. The van der Waals surface area contributed by atoms with Gasteiger partial charge in [-0.25, -0.2) is 4.79 Å². The maximum absolute atomic E-state index is 11.7. The van der Waals surface area contributed by atoms with Gasteiger partial charge in [-0.3, -0.25) is 9.97 Å². The summed E-state index contributed by atoms with van der Waals surface area (Å²) in [6, 6.07) is 18.9. The zero-order valence-electron chi connectivity index (χ0n) is 20.3. The van der Waals surface area contributed by atoms with Crippen LogP contribution in [0.3, 0.4) is 0 Å². The standard InChI is InChI=1S/C28H27N5O2S/c1-17-10-11-20(27(34)35)15-24(17)33-18(2)14-22(19(33)3)26-25(23-9-5-7-13-30-23)31-28(36)32(26)16-21-8-4-6-12-29-21/h4-15,25-26H,16H2,1-3H3,(H,31,36)(H,34,35). The van der Waals surface area contributed by atoms with E-state index in [-0.39, 0.29) is 17.6 Å². The van der Waals surface area contributed by atoms with Crippen LogP contribution in [0.25, 0.3) is 5.69 Å². The van der Waals surface area contributed by atoms with Gasteiger partial charge in [0.25, 0.3) is 0 Å². The maximum Gasteiger partial charge on any atom is 0.335 e. The minimum Gasteiger partial charge on any atom is -0.478 e. The molecule has 0 spiro atoms. The molecule has 2 unspecified atom stereocenters. The van der Waals surface area contributed by atoms with Crippen LogP contribution in [0.4, 0.5) is 0 Å². The molecule has 0 aliphatic carbocycles. The molecule has 1 aliphatic rings. The van der Waals surface area contributed by atoms with E-state index >= 15 is 0 Å². The Morgan fingerprint density at radius 2 is 1.78 bits per heavy atom. The van der Waals surface area contributed by atoms with E-state index in [9.17, 15) is 9.90 Å². The number of carbonyl (C=O) groups is 1. The van der Waals surface area contributed by atoms with Gasteiger partial charge in [0.05, 0.1) is 35.6 Å². The van der Waals surface area contributed by atoms with E-state index in [1.807, 2.05) is 56.3 Å². The van der Waals surface area contributed by atoms with Gasteiger partial charge in [0, 0.05) is 29.5 Å². The number of rotatable bonds is 6. The molecule has 4 heterocycles. The molecule has 182 valence electrons. The van der Waals surface area contributed by atoms with Crippen LogP contribution in [-0.2, 0) is 6.54 Å². The smallest absolute Gasteiger partial charge is 0.335 e. The fourth-order valence-electron chi connectivity index (χ4n) is 5.02. The molecular weight excluding hydrogens is 470 g/mol. The lowest BCUT2D eigenvalue weighted by Gasteiger charge is -2.28. The molecule has 8 heteroatoms. The quantitative estimate of drug-likeness (QED) is 0.360.